The van der Waals surface area contributed by atoms with Gasteiger partial charge in [-0.05, 0) is 31.5 Å². The van der Waals surface area contributed by atoms with Crippen LogP contribution in [0, 0.1) is 0 Å². The summed E-state index contributed by atoms with van der Waals surface area (Å²) in [6, 6.07) is 9.45. The first-order valence-electron chi connectivity index (χ1n) is 10.4. The number of halogens is 2. The van der Waals surface area contributed by atoms with Crippen molar-refractivity contribution in [2.75, 3.05) is 65.6 Å². The number of nitrogens with zero attached hydrogens (tertiary/aromatic N) is 2. The number of rotatable bonds is 10. The summed E-state index contributed by atoms with van der Waals surface area (Å²) in [4.78, 5) is 4.78. The molecule has 1 aliphatic heterocycles. The lowest BCUT2D eigenvalue weighted by Crippen LogP contribution is -2.46. The average molecular weight is 469 g/mol. The average Bonchev–Trinajstić information content (AvgIpc) is 2.80. The highest BCUT2D eigenvalue weighted by atomic mass is 35.5. The van der Waals surface area contributed by atoms with Crippen LogP contribution < -0.4 is 23.8 Å². The molecule has 0 unspecified atom stereocenters. The van der Waals surface area contributed by atoms with Gasteiger partial charge in [-0.3, -0.25) is 4.90 Å². The number of methoxy groups -OCH3 is 3. The van der Waals surface area contributed by atoms with Gasteiger partial charge in [0.25, 0.3) is 0 Å². The van der Waals surface area contributed by atoms with Crippen molar-refractivity contribution in [1.82, 2.24) is 4.90 Å². The van der Waals surface area contributed by atoms with E-state index in [1.54, 1.807) is 21.3 Å². The molecule has 0 bridgehead atoms. The summed E-state index contributed by atoms with van der Waals surface area (Å²) in [5.74, 6) is 2.46. The molecule has 1 heterocycles. The molecule has 6 nitrogen and oxygen atoms in total. The molecule has 1 saturated heterocycles. The lowest BCUT2D eigenvalue weighted by Gasteiger charge is -2.36. The Labute approximate surface area is 194 Å². The summed E-state index contributed by atoms with van der Waals surface area (Å²) >= 11 is 12.5. The Balaban J connectivity index is 1.40. The van der Waals surface area contributed by atoms with E-state index in [-0.39, 0.29) is 0 Å². The van der Waals surface area contributed by atoms with Gasteiger partial charge in [-0.25, -0.2) is 0 Å². The molecule has 31 heavy (non-hydrogen) atoms. The highest BCUT2D eigenvalue weighted by Crippen LogP contribution is 2.40. The summed E-state index contributed by atoms with van der Waals surface area (Å²) in [6.45, 7) is 5.60. The molecule has 0 radical (unpaired) electrons. The Hall–Kier alpha value is -2.02. The molecule has 0 amide bonds. The number of hydrogen-bond acceptors (Lipinski definition) is 6. The van der Waals surface area contributed by atoms with Gasteiger partial charge in [0.2, 0.25) is 5.75 Å². The van der Waals surface area contributed by atoms with E-state index in [4.69, 9.17) is 42.1 Å². The van der Waals surface area contributed by atoms with Crippen LogP contribution in [0.1, 0.15) is 12.8 Å². The van der Waals surface area contributed by atoms with Crippen molar-refractivity contribution in [1.29, 1.82) is 0 Å². The summed E-state index contributed by atoms with van der Waals surface area (Å²) in [5.41, 5.74) is 1.02. The minimum atomic E-state index is 0.565. The van der Waals surface area contributed by atoms with E-state index in [0.717, 1.165) is 51.3 Å². The number of anilines is 1. The van der Waals surface area contributed by atoms with E-state index in [1.807, 2.05) is 30.3 Å². The third kappa shape index (κ3) is 6.03. The number of unbranched alkanes of at least 4 members (excludes halogenated alkanes) is 1. The monoisotopic (exact) mass is 468 g/mol. The maximum absolute atomic E-state index is 6.36. The lowest BCUT2D eigenvalue weighted by molar-refractivity contribution is 0.238. The molecule has 0 N–H and O–H groups in total. The topological polar surface area (TPSA) is 43.4 Å². The van der Waals surface area contributed by atoms with Crippen LogP contribution in [-0.2, 0) is 0 Å². The van der Waals surface area contributed by atoms with Crippen LogP contribution in [0.15, 0.2) is 30.3 Å². The molecule has 1 fully saturated rings. The highest BCUT2D eigenvalue weighted by Gasteiger charge is 2.19. The Bertz CT molecular complexity index is 832. The van der Waals surface area contributed by atoms with Crippen LogP contribution in [0.5, 0.6) is 23.0 Å². The Morgan fingerprint density at radius 2 is 1.55 bits per heavy atom. The predicted octanol–water partition coefficient (Wildman–Crippen LogP) is 5.00. The maximum Gasteiger partial charge on any atom is 0.203 e. The van der Waals surface area contributed by atoms with Gasteiger partial charge in [-0.1, -0.05) is 29.3 Å². The van der Waals surface area contributed by atoms with Crippen LogP contribution in [0.2, 0.25) is 10.0 Å². The normalized spacial score (nSPS) is 14.4. The van der Waals surface area contributed by atoms with Crippen LogP contribution in [0.25, 0.3) is 0 Å². The van der Waals surface area contributed by atoms with E-state index < -0.39 is 0 Å². The van der Waals surface area contributed by atoms with Gasteiger partial charge in [0.1, 0.15) is 5.75 Å². The minimum absolute atomic E-state index is 0.565. The first-order valence-corrected chi connectivity index (χ1v) is 11.2. The van der Waals surface area contributed by atoms with Crippen molar-refractivity contribution >= 4 is 28.9 Å². The molecule has 3 rings (SSSR count). The van der Waals surface area contributed by atoms with Gasteiger partial charge in [0.15, 0.2) is 11.5 Å². The predicted molar refractivity (Wildman–Crippen MR) is 126 cm³/mol. The third-order valence-corrected chi connectivity index (χ3v) is 6.23. The van der Waals surface area contributed by atoms with Crippen molar-refractivity contribution in [2.45, 2.75) is 12.8 Å². The SMILES string of the molecule is COc1cc(OCCCCN2CCN(c3cccc(Cl)c3Cl)CC2)cc(OC)c1OC. The number of ether oxygens (including phenoxy) is 4. The molecule has 0 aliphatic carbocycles. The second-order valence-electron chi connectivity index (χ2n) is 7.32. The molecule has 2 aromatic rings. The van der Waals surface area contributed by atoms with Gasteiger partial charge < -0.3 is 23.8 Å². The van der Waals surface area contributed by atoms with Gasteiger partial charge >= 0.3 is 0 Å². The minimum Gasteiger partial charge on any atom is -0.493 e. The first-order chi connectivity index (χ1) is 15.1. The molecule has 0 saturated carbocycles. The Morgan fingerprint density at radius 1 is 0.871 bits per heavy atom. The smallest absolute Gasteiger partial charge is 0.203 e. The number of hydrogen-bond donors (Lipinski definition) is 0. The van der Waals surface area contributed by atoms with Crippen molar-refractivity contribution in [2.24, 2.45) is 0 Å². The van der Waals surface area contributed by atoms with Crippen molar-refractivity contribution in [3.8, 4) is 23.0 Å². The third-order valence-electron chi connectivity index (χ3n) is 5.42. The summed E-state index contributed by atoms with van der Waals surface area (Å²) in [7, 11) is 4.78. The van der Waals surface area contributed by atoms with Crippen LogP contribution in [-0.4, -0.2) is 65.6 Å². The Morgan fingerprint density at radius 3 is 2.16 bits per heavy atom. The van der Waals surface area contributed by atoms with Gasteiger partial charge in [0.05, 0.1) is 43.7 Å². The van der Waals surface area contributed by atoms with E-state index in [0.29, 0.717) is 39.7 Å². The molecule has 0 aromatic heterocycles. The fourth-order valence-corrected chi connectivity index (χ4v) is 4.13. The van der Waals surface area contributed by atoms with Crippen LogP contribution in [0.4, 0.5) is 5.69 Å². The summed E-state index contributed by atoms with van der Waals surface area (Å²) in [6.07, 6.45) is 2.04. The standard InChI is InChI=1S/C23H30Cl2N2O4/c1-28-20-15-17(16-21(29-2)23(20)30-3)31-14-5-4-9-26-10-12-27(13-11-26)19-8-6-7-18(24)22(19)25/h6-8,15-16H,4-5,9-14H2,1-3H3. The second kappa shape index (κ2) is 11.6. The summed E-state index contributed by atoms with van der Waals surface area (Å²) in [5, 5.41) is 1.25. The fraction of sp³-hybridized carbons (Fsp3) is 0.478. The molecule has 0 spiro atoms. The van der Waals surface area contributed by atoms with Gasteiger partial charge in [-0.2, -0.15) is 0 Å². The molecule has 2 aromatic carbocycles. The van der Waals surface area contributed by atoms with Gasteiger partial charge in [0, 0.05) is 38.3 Å². The van der Waals surface area contributed by atoms with Gasteiger partial charge in [-0.15, -0.1) is 0 Å². The van der Waals surface area contributed by atoms with E-state index in [9.17, 15) is 0 Å². The second-order valence-corrected chi connectivity index (χ2v) is 8.10. The summed E-state index contributed by atoms with van der Waals surface area (Å²) < 4.78 is 22.0. The largest absolute Gasteiger partial charge is 0.493 e. The molecule has 170 valence electrons. The van der Waals surface area contributed by atoms with E-state index >= 15 is 0 Å². The zero-order chi connectivity index (χ0) is 22.2. The molecular weight excluding hydrogens is 439 g/mol. The van der Waals surface area contributed by atoms with E-state index in [2.05, 4.69) is 9.80 Å². The van der Waals surface area contributed by atoms with Crippen LogP contribution >= 0.6 is 23.2 Å². The van der Waals surface area contributed by atoms with Crippen molar-refractivity contribution < 1.29 is 18.9 Å². The van der Waals surface area contributed by atoms with E-state index in [1.165, 1.54) is 0 Å². The zero-order valence-electron chi connectivity index (χ0n) is 18.3. The maximum atomic E-state index is 6.36. The molecule has 0 atom stereocenters. The highest BCUT2D eigenvalue weighted by molar-refractivity contribution is 6.43. The Kier molecular flexibility index (Phi) is 8.81. The quantitative estimate of drug-likeness (QED) is 0.457. The fourth-order valence-electron chi connectivity index (χ4n) is 3.72. The van der Waals surface area contributed by atoms with Crippen molar-refractivity contribution in [3.63, 3.8) is 0 Å². The zero-order valence-corrected chi connectivity index (χ0v) is 19.8. The van der Waals surface area contributed by atoms with Crippen LogP contribution in [0.3, 0.4) is 0 Å². The number of piperazine rings is 1. The van der Waals surface area contributed by atoms with Crippen molar-refractivity contribution in [3.05, 3.63) is 40.4 Å². The molecular formula is C23H30Cl2N2O4. The number of benzene rings is 2. The molecule has 1 aliphatic rings. The molecule has 8 heteroatoms. The first kappa shape index (κ1) is 23.6. The lowest BCUT2D eigenvalue weighted by atomic mass is 10.2.